The zero-order valence-electron chi connectivity index (χ0n) is 11.6. The van der Waals surface area contributed by atoms with Gasteiger partial charge in [0.05, 0.1) is 12.2 Å². The predicted molar refractivity (Wildman–Crippen MR) is 73.1 cm³/mol. The van der Waals surface area contributed by atoms with Crippen LogP contribution in [0.1, 0.15) is 44.0 Å². The van der Waals surface area contributed by atoms with E-state index in [1.54, 1.807) is 0 Å². The van der Waals surface area contributed by atoms with Crippen molar-refractivity contribution in [3.05, 3.63) is 11.4 Å². The van der Waals surface area contributed by atoms with Crippen LogP contribution in [0, 0.1) is 12.8 Å². The number of hydrogen-bond acceptors (Lipinski definition) is 4. The standard InChI is InChI=1S/C14H23N3O/c1-4-12-16-13(15-3)10(2)14(17-12)18-9-11-7-5-6-8-11/h11H,4-9H2,1-3H3,(H,15,16,17). The summed E-state index contributed by atoms with van der Waals surface area (Å²) in [6, 6.07) is 0. The quantitative estimate of drug-likeness (QED) is 0.871. The zero-order chi connectivity index (χ0) is 13.0. The van der Waals surface area contributed by atoms with E-state index in [2.05, 4.69) is 22.2 Å². The van der Waals surface area contributed by atoms with Gasteiger partial charge in [0.15, 0.2) is 0 Å². The molecule has 18 heavy (non-hydrogen) atoms. The van der Waals surface area contributed by atoms with Gasteiger partial charge in [0.25, 0.3) is 0 Å². The molecule has 1 aliphatic rings. The molecule has 1 N–H and O–H groups in total. The van der Waals surface area contributed by atoms with Crippen molar-refractivity contribution in [2.75, 3.05) is 19.0 Å². The molecule has 0 bridgehead atoms. The van der Waals surface area contributed by atoms with Gasteiger partial charge in [-0.2, -0.15) is 4.98 Å². The highest BCUT2D eigenvalue weighted by molar-refractivity contribution is 5.48. The monoisotopic (exact) mass is 249 g/mol. The molecule has 1 saturated carbocycles. The molecule has 0 aliphatic heterocycles. The van der Waals surface area contributed by atoms with Gasteiger partial charge in [-0.1, -0.05) is 19.8 Å². The molecule has 1 aromatic rings. The van der Waals surface area contributed by atoms with Gasteiger partial charge in [-0.25, -0.2) is 4.98 Å². The first-order valence-corrected chi connectivity index (χ1v) is 6.92. The van der Waals surface area contributed by atoms with Crippen LogP contribution < -0.4 is 10.1 Å². The van der Waals surface area contributed by atoms with Crippen molar-refractivity contribution in [3.63, 3.8) is 0 Å². The Balaban J connectivity index is 2.09. The van der Waals surface area contributed by atoms with Crippen molar-refractivity contribution in [2.45, 2.75) is 46.0 Å². The van der Waals surface area contributed by atoms with Gasteiger partial charge in [-0.3, -0.25) is 0 Å². The summed E-state index contributed by atoms with van der Waals surface area (Å²) < 4.78 is 5.91. The Morgan fingerprint density at radius 1 is 1.28 bits per heavy atom. The maximum Gasteiger partial charge on any atom is 0.221 e. The average molecular weight is 249 g/mol. The Bertz CT molecular complexity index is 400. The van der Waals surface area contributed by atoms with Crippen molar-refractivity contribution in [2.24, 2.45) is 5.92 Å². The Kier molecular flexibility index (Phi) is 4.39. The third kappa shape index (κ3) is 2.92. The van der Waals surface area contributed by atoms with Crippen molar-refractivity contribution < 1.29 is 4.74 Å². The van der Waals surface area contributed by atoms with E-state index in [1.165, 1.54) is 25.7 Å². The fraction of sp³-hybridized carbons (Fsp3) is 0.714. The molecule has 0 amide bonds. The normalized spacial score (nSPS) is 15.9. The van der Waals surface area contributed by atoms with Crippen molar-refractivity contribution >= 4 is 5.82 Å². The van der Waals surface area contributed by atoms with Crippen LogP contribution >= 0.6 is 0 Å². The van der Waals surface area contributed by atoms with E-state index in [0.717, 1.165) is 36.1 Å². The molecule has 0 aromatic carbocycles. The van der Waals surface area contributed by atoms with Gasteiger partial charge in [-0.15, -0.1) is 0 Å². The van der Waals surface area contributed by atoms with E-state index in [-0.39, 0.29) is 0 Å². The molecule has 0 atom stereocenters. The summed E-state index contributed by atoms with van der Waals surface area (Å²) >= 11 is 0. The van der Waals surface area contributed by atoms with Crippen LogP contribution in [0.15, 0.2) is 0 Å². The van der Waals surface area contributed by atoms with E-state index in [9.17, 15) is 0 Å². The molecule has 4 nitrogen and oxygen atoms in total. The van der Waals surface area contributed by atoms with E-state index >= 15 is 0 Å². The minimum absolute atomic E-state index is 0.711. The minimum atomic E-state index is 0.711. The number of aryl methyl sites for hydroxylation is 1. The van der Waals surface area contributed by atoms with Gasteiger partial charge >= 0.3 is 0 Å². The van der Waals surface area contributed by atoms with E-state index < -0.39 is 0 Å². The number of hydrogen-bond donors (Lipinski definition) is 1. The second-order valence-electron chi connectivity index (χ2n) is 4.98. The largest absolute Gasteiger partial charge is 0.477 e. The summed E-state index contributed by atoms with van der Waals surface area (Å²) in [5.74, 6) is 3.18. The maximum atomic E-state index is 5.91. The van der Waals surface area contributed by atoms with E-state index in [4.69, 9.17) is 4.74 Å². The molecule has 4 heteroatoms. The lowest BCUT2D eigenvalue weighted by Crippen LogP contribution is -2.12. The summed E-state index contributed by atoms with van der Waals surface area (Å²) in [4.78, 5) is 8.93. The molecular formula is C14H23N3O. The van der Waals surface area contributed by atoms with E-state index in [0.29, 0.717) is 5.92 Å². The Morgan fingerprint density at radius 2 is 2.00 bits per heavy atom. The van der Waals surface area contributed by atoms with Crippen molar-refractivity contribution in [3.8, 4) is 5.88 Å². The topological polar surface area (TPSA) is 47.0 Å². The van der Waals surface area contributed by atoms with Crippen LogP contribution in [0.4, 0.5) is 5.82 Å². The summed E-state index contributed by atoms with van der Waals surface area (Å²) in [5.41, 5.74) is 1.01. The molecular weight excluding hydrogens is 226 g/mol. The first-order valence-electron chi connectivity index (χ1n) is 6.92. The highest BCUT2D eigenvalue weighted by atomic mass is 16.5. The summed E-state index contributed by atoms with van der Waals surface area (Å²) in [6.45, 7) is 4.87. The number of anilines is 1. The summed E-state index contributed by atoms with van der Waals surface area (Å²) in [5, 5.41) is 3.11. The molecule has 0 saturated heterocycles. The molecule has 0 radical (unpaired) electrons. The highest BCUT2D eigenvalue weighted by Crippen LogP contribution is 2.27. The predicted octanol–water partition coefficient (Wildman–Crippen LogP) is 2.96. The number of aromatic nitrogens is 2. The Labute approximate surface area is 109 Å². The van der Waals surface area contributed by atoms with Crippen LogP contribution in [0.25, 0.3) is 0 Å². The number of rotatable bonds is 5. The lowest BCUT2D eigenvalue weighted by molar-refractivity contribution is 0.241. The summed E-state index contributed by atoms with van der Waals surface area (Å²) in [7, 11) is 1.88. The van der Waals surface area contributed by atoms with Crippen LogP contribution in [0.3, 0.4) is 0 Å². The molecule has 1 heterocycles. The fourth-order valence-electron chi connectivity index (χ4n) is 2.46. The van der Waals surface area contributed by atoms with Crippen LogP contribution in [-0.4, -0.2) is 23.6 Å². The minimum Gasteiger partial charge on any atom is -0.477 e. The van der Waals surface area contributed by atoms with Crippen molar-refractivity contribution in [1.29, 1.82) is 0 Å². The SMILES string of the molecule is CCc1nc(NC)c(C)c(OCC2CCCC2)n1. The van der Waals surface area contributed by atoms with Gasteiger partial charge in [0.1, 0.15) is 11.6 Å². The Hall–Kier alpha value is -1.32. The maximum absolute atomic E-state index is 5.91. The third-order valence-electron chi connectivity index (χ3n) is 3.63. The molecule has 0 spiro atoms. The van der Waals surface area contributed by atoms with E-state index in [1.807, 2.05) is 14.0 Å². The highest BCUT2D eigenvalue weighted by Gasteiger charge is 2.17. The molecule has 1 aromatic heterocycles. The lowest BCUT2D eigenvalue weighted by atomic mass is 10.1. The Morgan fingerprint density at radius 3 is 2.61 bits per heavy atom. The number of ether oxygens (including phenoxy) is 1. The van der Waals surface area contributed by atoms with Crippen molar-refractivity contribution in [1.82, 2.24) is 9.97 Å². The van der Waals surface area contributed by atoms with Crippen LogP contribution in [0.5, 0.6) is 5.88 Å². The van der Waals surface area contributed by atoms with Crippen LogP contribution in [-0.2, 0) is 6.42 Å². The first kappa shape index (κ1) is 13.1. The molecule has 2 rings (SSSR count). The lowest BCUT2D eigenvalue weighted by Gasteiger charge is -2.15. The van der Waals surface area contributed by atoms with Crippen LogP contribution in [0.2, 0.25) is 0 Å². The van der Waals surface area contributed by atoms with Gasteiger partial charge in [0, 0.05) is 13.5 Å². The molecule has 1 aliphatic carbocycles. The third-order valence-corrected chi connectivity index (χ3v) is 3.63. The second kappa shape index (κ2) is 6.03. The summed E-state index contributed by atoms with van der Waals surface area (Å²) in [6.07, 6.45) is 6.11. The molecule has 1 fully saturated rings. The zero-order valence-corrected chi connectivity index (χ0v) is 11.6. The first-order chi connectivity index (χ1) is 8.74. The van der Waals surface area contributed by atoms with Gasteiger partial charge in [0.2, 0.25) is 5.88 Å². The number of nitrogens with one attached hydrogen (secondary N) is 1. The number of nitrogens with zero attached hydrogens (tertiary/aromatic N) is 2. The molecule has 0 unspecified atom stereocenters. The van der Waals surface area contributed by atoms with Gasteiger partial charge in [-0.05, 0) is 25.7 Å². The molecule has 100 valence electrons. The van der Waals surface area contributed by atoms with Gasteiger partial charge < -0.3 is 10.1 Å². The second-order valence-corrected chi connectivity index (χ2v) is 4.98. The average Bonchev–Trinajstić information content (AvgIpc) is 2.90. The smallest absolute Gasteiger partial charge is 0.221 e. The fourth-order valence-corrected chi connectivity index (χ4v) is 2.46.